The van der Waals surface area contributed by atoms with Crippen molar-refractivity contribution in [1.29, 1.82) is 0 Å². The maximum atomic E-state index is 12.9. The van der Waals surface area contributed by atoms with E-state index in [2.05, 4.69) is 0 Å². The quantitative estimate of drug-likeness (QED) is 0.666. The van der Waals surface area contributed by atoms with Gasteiger partial charge in [0.2, 0.25) is 10.0 Å². The minimum atomic E-state index is -4.42. The van der Waals surface area contributed by atoms with Gasteiger partial charge in [0, 0.05) is 18.0 Å². The molecule has 1 heterocycles. The van der Waals surface area contributed by atoms with Gasteiger partial charge in [0.1, 0.15) is 0 Å². The van der Waals surface area contributed by atoms with Crippen LogP contribution in [0.3, 0.4) is 0 Å². The van der Waals surface area contributed by atoms with E-state index in [4.69, 9.17) is 9.47 Å². The molecule has 0 N–H and O–H groups in total. The second kappa shape index (κ2) is 7.84. The Bertz CT molecular complexity index is 960. The van der Waals surface area contributed by atoms with E-state index in [0.29, 0.717) is 17.9 Å². The third-order valence-electron chi connectivity index (χ3n) is 4.38. The molecule has 3 rings (SSSR count). The van der Waals surface area contributed by atoms with Gasteiger partial charge >= 0.3 is 5.51 Å². The molecule has 0 spiro atoms. The smallest absolute Gasteiger partial charge is 0.446 e. The van der Waals surface area contributed by atoms with Crippen LogP contribution in [0.5, 0.6) is 11.5 Å². The van der Waals surface area contributed by atoms with Gasteiger partial charge < -0.3 is 9.47 Å². The highest BCUT2D eigenvalue weighted by Crippen LogP contribution is 2.38. The van der Waals surface area contributed by atoms with Gasteiger partial charge in [0.25, 0.3) is 0 Å². The van der Waals surface area contributed by atoms with Gasteiger partial charge in [-0.15, -0.1) is 0 Å². The highest BCUT2D eigenvalue weighted by molar-refractivity contribution is 8.00. The van der Waals surface area contributed by atoms with Crippen LogP contribution in [0.25, 0.3) is 0 Å². The van der Waals surface area contributed by atoms with Crippen LogP contribution in [0.15, 0.2) is 46.2 Å². The number of halogens is 3. The van der Waals surface area contributed by atoms with Crippen molar-refractivity contribution >= 4 is 21.8 Å². The lowest BCUT2D eigenvalue weighted by atomic mass is 10.0. The van der Waals surface area contributed by atoms with Crippen LogP contribution in [0.2, 0.25) is 0 Å². The summed E-state index contributed by atoms with van der Waals surface area (Å²) < 4.78 is 75.0. The first-order valence-corrected chi connectivity index (χ1v) is 10.5. The third kappa shape index (κ3) is 4.39. The zero-order valence-corrected chi connectivity index (χ0v) is 16.7. The van der Waals surface area contributed by atoms with Gasteiger partial charge in [0.15, 0.2) is 11.5 Å². The molecule has 2 aromatic carbocycles. The number of ether oxygens (including phenoxy) is 2. The van der Waals surface area contributed by atoms with E-state index in [1.165, 1.54) is 30.7 Å². The Kier molecular flexibility index (Phi) is 5.83. The van der Waals surface area contributed by atoms with Crippen LogP contribution < -0.4 is 9.47 Å². The van der Waals surface area contributed by atoms with Crippen LogP contribution in [-0.2, 0) is 23.0 Å². The topological polar surface area (TPSA) is 55.8 Å². The summed E-state index contributed by atoms with van der Waals surface area (Å²) in [4.78, 5) is -0.102. The maximum Gasteiger partial charge on any atom is 0.446 e. The highest BCUT2D eigenvalue weighted by Gasteiger charge is 2.31. The fraction of sp³-hybridized carbons (Fsp3) is 0.333. The van der Waals surface area contributed by atoms with E-state index < -0.39 is 15.5 Å². The average Bonchev–Trinajstić information content (AvgIpc) is 2.65. The first-order valence-electron chi connectivity index (χ1n) is 8.24. The van der Waals surface area contributed by atoms with E-state index >= 15 is 0 Å². The van der Waals surface area contributed by atoms with Crippen LogP contribution >= 0.6 is 11.8 Å². The van der Waals surface area contributed by atoms with Crippen molar-refractivity contribution in [3.8, 4) is 11.5 Å². The van der Waals surface area contributed by atoms with E-state index in [0.717, 1.165) is 23.3 Å². The van der Waals surface area contributed by atoms with Crippen molar-refractivity contribution in [3.63, 3.8) is 0 Å². The van der Waals surface area contributed by atoms with E-state index in [1.807, 2.05) is 6.07 Å². The van der Waals surface area contributed by atoms with Crippen molar-refractivity contribution in [3.05, 3.63) is 47.5 Å². The lowest BCUT2D eigenvalue weighted by Gasteiger charge is -2.29. The molecule has 28 heavy (non-hydrogen) atoms. The van der Waals surface area contributed by atoms with Crippen molar-refractivity contribution in [1.82, 2.24) is 4.31 Å². The zero-order chi connectivity index (χ0) is 20.5. The number of fused-ring (bicyclic) bond motifs is 1. The molecule has 152 valence electrons. The Balaban J connectivity index is 1.84. The second-order valence-electron chi connectivity index (χ2n) is 6.08. The molecule has 0 radical (unpaired) electrons. The minimum Gasteiger partial charge on any atom is -0.493 e. The summed E-state index contributed by atoms with van der Waals surface area (Å²) in [6, 6.07) is 8.31. The first kappa shape index (κ1) is 20.8. The van der Waals surface area contributed by atoms with E-state index in [-0.39, 0.29) is 34.6 Å². The molecule has 1 aliphatic heterocycles. The highest BCUT2D eigenvalue weighted by atomic mass is 32.2. The molecule has 1 aliphatic rings. The summed E-state index contributed by atoms with van der Waals surface area (Å²) in [6.45, 7) is 0.418. The molecule has 10 heteroatoms. The first-order chi connectivity index (χ1) is 13.1. The molecule has 0 amide bonds. The monoisotopic (exact) mass is 433 g/mol. The number of alkyl halides is 3. The third-order valence-corrected chi connectivity index (χ3v) is 6.98. The molecule has 0 atom stereocenters. The lowest BCUT2D eigenvalue weighted by Crippen LogP contribution is -2.36. The molecule has 0 aliphatic carbocycles. The minimum absolute atomic E-state index is 0.0389. The number of methoxy groups -OCH3 is 2. The summed E-state index contributed by atoms with van der Waals surface area (Å²) in [6.07, 6.45) is 0.497. The zero-order valence-electron chi connectivity index (χ0n) is 15.1. The number of nitrogens with zero attached hydrogens (tertiary/aromatic N) is 1. The van der Waals surface area contributed by atoms with E-state index in [9.17, 15) is 21.6 Å². The predicted octanol–water partition coefficient (Wildman–Crippen LogP) is 4.06. The Labute approximate surface area is 165 Å². The Morgan fingerprint density at radius 3 is 2.11 bits per heavy atom. The van der Waals surface area contributed by atoms with Gasteiger partial charge in [-0.3, -0.25) is 0 Å². The Hall–Kier alpha value is -1.91. The number of thioether (sulfide) groups is 1. The summed E-state index contributed by atoms with van der Waals surface area (Å²) >= 11 is -0.280. The van der Waals surface area contributed by atoms with Crippen molar-refractivity contribution in [2.75, 3.05) is 20.8 Å². The second-order valence-corrected chi connectivity index (χ2v) is 9.16. The van der Waals surface area contributed by atoms with Gasteiger partial charge in [-0.2, -0.15) is 17.5 Å². The van der Waals surface area contributed by atoms with Crippen molar-refractivity contribution < 1.29 is 31.1 Å². The number of hydrogen-bond donors (Lipinski definition) is 0. The van der Waals surface area contributed by atoms with Gasteiger partial charge in [-0.25, -0.2) is 8.42 Å². The number of rotatable bonds is 5. The average molecular weight is 433 g/mol. The SMILES string of the molecule is COc1cc2c(cc1OC)CN(S(=O)(=O)c1ccc(SC(F)(F)F)cc1)CC2. The van der Waals surface area contributed by atoms with Crippen LogP contribution in [0.4, 0.5) is 13.2 Å². The summed E-state index contributed by atoms with van der Waals surface area (Å²) in [5.41, 5.74) is -2.64. The lowest BCUT2D eigenvalue weighted by molar-refractivity contribution is -0.0328. The molecular formula is C18H18F3NO4S2. The van der Waals surface area contributed by atoms with Gasteiger partial charge in [0.05, 0.1) is 19.1 Å². The van der Waals surface area contributed by atoms with Crippen molar-refractivity contribution in [2.45, 2.75) is 28.3 Å². The fourth-order valence-electron chi connectivity index (χ4n) is 3.02. The number of hydrogen-bond acceptors (Lipinski definition) is 5. The van der Waals surface area contributed by atoms with Gasteiger partial charge in [-0.1, -0.05) is 0 Å². The standard InChI is InChI=1S/C18H18F3NO4S2/c1-25-16-9-12-7-8-22(11-13(12)10-17(16)26-2)28(23,24)15-5-3-14(4-6-15)27-18(19,20)21/h3-6,9-10H,7-8,11H2,1-2H3. The molecule has 5 nitrogen and oxygen atoms in total. The predicted molar refractivity (Wildman–Crippen MR) is 99.2 cm³/mol. The largest absolute Gasteiger partial charge is 0.493 e. The summed E-state index contributed by atoms with van der Waals surface area (Å²) in [5, 5.41) is 0. The maximum absolute atomic E-state index is 12.9. The molecule has 0 saturated heterocycles. The van der Waals surface area contributed by atoms with Crippen LogP contribution in [0.1, 0.15) is 11.1 Å². The molecule has 0 unspecified atom stereocenters. The molecule has 0 aromatic heterocycles. The molecule has 0 fully saturated rings. The molecule has 2 aromatic rings. The fourth-order valence-corrected chi connectivity index (χ4v) is 4.98. The van der Waals surface area contributed by atoms with Crippen LogP contribution in [-0.4, -0.2) is 39.0 Å². The van der Waals surface area contributed by atoms with E-state index in [1.54, 1.807) is 6.07 Å². The molecule has 0 saturated carbocycles. The van der Waals surface area contributed by atoms with Crippen LogP contribution in [0, 0.1) is 0 Å². The number of sulfonamides is 1. The van der Waals surface area contributed by atoms with Gasteiger partial charge in [-0.05, 0) is 65.7 Å². The summed E-state index contributed by atoms with van der Waals surface area (Å²) in [7, 11) is -0.795. The Morgan fingerprint density at radius 1 is 1.00 bits per heavy atom. The number of benzene rings is 2. The van der Waals surface area contributed by atoms with Crippen molar-refractivity contribution in [2.24, 2.45) is 0 Å². The Morgan fingerprint density at radius 2 is 1.57 bits per heavy atom. The normalized spacial score (nSPS) is 15.2. The molecule has 0 bridgehead atoms. The molecular weight excluding hydrogens is 415 g/mol. The summed E-state index contributed by atoms with van der Waals surface area (Å²) in [5.74, 6) is 1.09.